The topological polar surface area (TPSA) is 123 Å². The fraction of sp³-hybridized carbons (Fsp3) is 0.133. The van der Waals surface area contributed by atoms with E-state index in [4.69, 9.17) is 0 Å². The molecule has 1 aromatic carbocycles. The number of hydrogen-bond donors (Lipinski definition) is 2. The molecule has 1 amide bonds. The fourth-order valence-corrected chi connectivity index (χ4v) is 2.34. The molecule has 0 spiro atoms. The summed E-state index contributed by atoms with van der Waals surface area (Å²) in [6.07, 6.45) is -4.72. The summed E-state index contributed by atoms with van der Waals surface area (Å²) in [5.74, 6) is -1.43. The van der Waals surface area contributed by atoms with Crippen LogP contribution in [-0.4, -0.2) is 30.5 Å². The Balaban J connectivity index is 2.00. The lowest BCUT2D eigenvalue weighted by molar-refractivity contribution is -0.384. The molecule has 0 aliphatic rings. The van der Waals surface area contributed by atoms with Crippen molar-refractivity contribution < 1.29 is 28.0 Å². The molecule has 0 bridgehead atoms. The number of nitrogens with one attached hydrogen (secondary N) is 1. The summed E-state index contributed by atoms with van der Waals surface area (Å²) in [5.41, 5.74) is -2.32. The summed E-state index contributed by atoms with van der Waals surface area (Å²) in [6.45, 7) is 1.36. The number of carbonyl (C=O) groups is 1. The highest BCUT2D eigenvalue weighted by molar-refractivity contribution is 6.04. The number of halogens is 3. The Labute approximate surface area is 148 Å². The van der Waals surface area contributed by atoms with Gasteiger partial charge < -0.3 is 10.4 Å². The van der Waals surface area contributed by atoms with Crippen molar-refractivity contribution in [2.45, 2.75) is 13.1 Å². The molecule has 2 N–H and O–H groups in total. The smallest absolute Gasteiger partial charge is 0.433 e. The first-order valence-corrected chi connectivity index (χ1v) is 7.29. The van der Waals surface area contributed by atoms with E-state index in [2.05, 4.69) is 15.4 Å². The van der Waals surface area contributed by atoms with Crippen molar-refractivity contribution in [2.75, 3.05) is 5.32 Å². The van der Waals surface area contributed by atoms with E-state index in [1.165, 1.54) is 6.92 Å². The molecule has 9 nitrogen and oxygen atoms in total. The molecule has 0 saturated carbocycles. The molecular formula is C15H10F3N5O4. The minimum absolute atomic E-state index is 0.0815. The number of hydrogen-bond acceptors (Lipinski definition) is 6. The number of anilines is 1. The average molecular weight is 381 g/mol. The zero-order valence-electron chi connectivity index (χ0n) is 13.5. The van der Waals surface area contributed by atoms with Gasteiger partial charge in [-0.2, -0.15) is 18.3 Å². The summed E-state index contributed by atoms with van der Waals surface area (Å²) in [4.78, 5) is 26.2. The highest BCUT2D eigenvalue weighted by atomic mass is 19.4. The Morgan fingerprint density at radius 2 is 2.00 bits per heavy atom. The summed E-state index contributed by atoms with van der Waals surface area (Å²) in [7, 11) is 0. The lowest BCUT2D eigenvalue weighted by atomic mass is 10.2. The molecule has 0 saturated heterocycles. The van der Waals surface area contributed by atoms with Crippen molar-refractivity contribution in [2.24, 2.45) is 0 Å². The predicted molar refractivity (Wildman–Crippen MR) is 85.4 cm³/mol. The summed E-state index contributed by atoms with van der Waals surface area (Å²) >= 11 is 0. The zero-order valence-corrected chi connectivity index (χ0v) is 13.5. The Morgan fingerprint density at radius 1 is 1.30 bits per heavy atom. The third-order valence-electron chi connectivity index (χ3n) is 3.52. The number of aromatic hydroxyl groups is 1. The number of non-ortho nitro benzene ring substituents is 1. The van der Waals surface area contributed by atoms with Gasteiger partial charge in [-0.3, -0.25) is 14.9 Å². The Bertz CT molecular complexity index is 1080. The van der Waals surface area contributed by atoms with Crippen LogP contribution in [0.2, 0.25) is 0 Å². The van der Waals surface area contributed by atoms with Crippen LogP contribution in [-0.2, 0) is 6.18 Å². The van der Waals surface area contributed by atoms with Gasteiger partial charge in [0, 0.05) is 23.9 Å². The number of aromatic nitrogens is 3. The molecule has 2 heterocycles. The van der Waals surface area contributed by atoms with E-state index in [0.717, 1.165) is 30.3 Å². The Hall–Kier alpha value is -3.70. The van der Waals surface area contributed by atoms with Gasteiger partial charge in [0.05, 0.1) is 10.6 Å². The van der Waals surface area contributed by atoms with E-state index in [0.29, 0.717) is 4.52 Å². The molecule has 0 unspecified atom stereocenters. The van der Waals surface area contributed by atoms with Crippen molar-refractivity contribution >= 4 is 22.9 Å². The molecule has 27 heavy (non-hydrogen) atoms. The van der Waals surface area contributed by atoms with Crippen molar-refractivity contribution in [1.29, 1.82) is 0 Å². The number of nitrogens with zero attached hydrogens (tertiary/aromatic N) is 4. The molecule has 0 aliphatic carbocycles. The number of nitro groups is 1. The van der Waals surface area contributed by atoms with Gasteiger partial charge in [0.1, 0.15) is 11.4 Å². The number of carbonyl (C=O) groups excluding carboxylic acids is 1. The van der Waals surface area contributed by atoms with Gasteiger partial charge in [-0.15, -0.1) is 0 Å². The lowest BCUT2D eigenvalue weighted by Gasteiger charge is -2.09. The van der Waals surface area contributed by atoms with Crippen LogP contribution < -0.4 is 5.32 Å². The van der Waals surface area contributed by atoms with Crippen LogP contribution in [0.15, 0.2) is 30.3 Å². The second kappa shape index (κ2) is 6.23. The van der Waals surface area contributed by atoms with Crippen LogP contribution in [0.1, 0.15) is 21.9 Å². The molecular weight excluding hydrogens is 371 g/mol. The van der Waals surface area contributed by atoms with Crippen molar-refractivity contribution in [3.05, 3.63) is 57.5 Å². The maximum atomic E-state index is 13.1. The summed E-state index contributed by atoms with van der Waals surface area (Å²) < 4.78 is 39.9. The predicted octanol–water partition coefficient (Wildman–Crippen LogP) is 2.92. The van der Waals surface area contributed by atoms with Crippen LogP contribution in [0, 0.1) is 17.0 Å². The zero-order chi connectivity index (χ0) is 19.9. The molecule has 140 valence electrons. The third kappa shape index (κ3) is 3.49. The van der Waals surface area contributed by atoms with Crippen LogP contribution in [0.4, 0.5) is 24.5 Å². The number of rotatable bonds is 3. The molecule has 2 aromatic heterocycles. The number of benzene rings is 1. The normalized spacial score (nSPS) is 11.6. The summed E-state index contributed by atoms with van der Waals surface area (Å²) in [5, 5.41) is 26.3. The molecule has 0 radical (unpaired) electrons. The van der Waals surface area contributed by atoms with E-state index >= 15 is 0 Å². The van der Waals surface area contributed by atoms with Gasteiger partial charge >= 0.3 is 6.18 Å². The van der Waals surface area contributed by atoms with Gasteiger partial charge in [0.25, 0.3) is 11.6 Å². The second-order valence-corrected chi connectivity index (χ2v) is 5.49. The number of alkyl halides is 3. The van der Waals surface area contributed by atoms with Crippen LogP contribution in [0.25, 0.3) is 5.65 Å². The van der Waals surface area contributed by atoms with Gasteiger partial charge in [-0.1, -0.05) is 0 Å². The van der Waals surface area contributed by atoms with Crippen LogP contribution >= 0.6 is 0 Å². The number of phenols is 1. The average Bonchev–Trinajstić information content (AvgIpc) is 2.98. The largest absolute Gasteiger partial charge is 0.506 e. The van der Waals surface area contributed by atoms with Crippen molar-refractivity contribution in [3.63, 3.8) is 0 Å². The van der Waals surface area contributed by atoms with Crippen molar-refractivity contribution in [3.8, 4) is 5.75 Å². The number of fused-ring (bicyclic) bond motifs is 1. The van der Waals surface area contributed by atoms with Gasteiger partial charge in [0.2, 0.25) is 0 Å². The molecule has 3 rings (SSSR count). The Morgan fingerprint density at radius 3 is 2.63 bits per heavy atom. The molecule has 0 atom stereocenters. The van der Waals surface area contributed by atoms with Crippen LogP contribution in [0.3, 0.4) is 0 Å². The second-order valence-electron chi connectivity index (χ2n) is 5.49. The lowest BCUT2D eigenvalue weighted by Crippen LogP contribution is -2.16. The van der Waals surface area contributed by atoms with Gasteiger partial charge in [-0.05, 0) is 19.1 Å². The minimum Gasteiger partial charge on any atom is -0.506 e. The fourth-order valence-electron chi connectivity index (χ4n) is 2.34. The molecule has 3 aromatic rings. The highest BCUT2D eigenvalue weighted by Crippen LogP contribution is 2.31. The number of nitro benzene ring substituents is 1. The molecule has 0 aliphatic heterocycles. The number of aryl methyl sites for hydroxylation is 1. The standard InChI is InChI=1S/C15H10F3N5O4/c1-7-4-12(15(16,17)18)22-13(19-7)6-10(21-22)14(25)20-9-5-8(23(26)27)2-3-11(9)24/h2-6,24H,1H3,(H,20,25). The SMILES string of the molecule is Cc1cc(C(F)(F)F)n2nc(C(=O)Nc3cc([N+](=O)[O-])ccc3O)cc2n1. The quantitative estimate of drug-likeness (QED) is 0.409. The highest BCUT2D eigenvalue weighted by Gasteiger charge is 2.35. The van der Waals surface area contributed by atoms with Crippen molar-refractivity contribution in [1.82, 2.24) is 14.6 Å². The Kier molecular flexibility index (Phi) is 4.18. The molecule has 12 heteroatoms. The first-order valence-electron chi connectivity index (χ1n) is 7.29. The first-order chi connectivity index (χ1) is 12.6. The third-order valence-corrected chi connectivity index (χ3v) is 3.52. The number of phenolic OH excluding ortho intramolecular Hbond substituents is 1. The van der Waals surface area contributed by atoms with E-state index in [1.807, 2.05) is 0 Å². The summed E-state index contributed by atoms with van der Waals surface area (Å²) in [6, 6.07) is 4.76. The maximum absolute atomic E-state index is 13.1. The van der Waals surface area contributed by atoms with E-state index in [-0.39, 0.29) is 17.0 Å². The monoisotopic (exact) mass is 381 g/mol. The number of amides is 1. The first kappa shape index (κ1) is 18.1. The van der Waals surface area contributed by atoms with E-state index in [1.54, 1.807) is 0 Å². The van der Waals surface area contributed by atoms with E-state index in [9.17, 15) is 33.2 Å². The molecule has 0 fully saturated rings. The minimum atomic E-state index is -4.72. The maximum Gasteiger partial charge on any atom is 0.433 e. The van der Waals surface area contributed by atoms with Crippen LogP contribution in [0.5, 0.6) is 5.75 Å². The van der Waals surface area contributed by atoms with E-state index < -0.39 is 39.8 Å². The van der Waals surface area contributed by atoms with Gasteiger partial charge in [-0.25, -0.2) is 9.50 Å². The van der Waals surface area contributed by atoms with Gasteiger partial charge in [0.15, 0.2) is 11.3 Å².